The molecule has 0 aliphatic carbocycles. The molecule has 23 heavy (non-hydrogen) atoms. The number of nitrogens with zero attached hydrogens (tertiary/aromatic N) is 1. The SMILES string of the molecule is O=S(=O)(c1ccc(F)c(F)c1F)N1CCCC1c1ccccc1. The minimum absolute atomic E-state index is 0.209. The average molecular weight is 341 g/mol. The molecule has 122 valence electrons. The lowest BCUT2D eigenvalue weighted by Gasteiger charge is -2.24. The van der Waals surface area contributed by atoms with Gasteiger partial charge >= 0.3 is 0 Å². The van der Waals surface area contributed by atoms with Crippen molar-refractivity contribution in [3.05, 3.63) is 65.5 Å². The molecule has 2 aromatic carbocycles. The topological polar surface area (TPSA) is 37.4 Å². The molecule has 1 atom stereocenters. The number of benzene rings is 2. The number of rotatable bonds is 3. The highest BCUT2D eigenvalue weighted by Crippen LogP contribution is 2.37. The Kier molecular flexibility index (Phi) is 4.16. The Hall–Kier alpha value is -1.86. The van der Waals surface area contributed by atoms with Gasteiger partial charge in [0.2, 0.25) is 10.0 Å². The van der Waals surface area contributed by atoms with Crippen LogP contribution in [0.3, 0.4) is 0 Å². The molecule has 0 radical (unpaired) electrons. The van der Waals surface area contributed by atoms with Gasteiger partial charge in [-0.3, -0.25) is 0 Å². The number of hydrogen-bond donors (Lipinski definition) is 0. The minimum atomic E-state index is -4.25. The van der Waals surface area contributed by atoms with Crippen molar-refractivity contribution >= 4 is 10.0 Å². The molecule has 7 heteroatoms. The van der Waals surface area contributed by atoms with Crippen LogP contribution in [-0.4, -0.2) is 19.3 Å². The molecule has 1 unspecified atom stereocenters. The van der Waals surface area contributed by atoms with Gasteiger partial charge in [-0.2, -0.15) is 4.31 Å². The summed E-state index contributed by atoms with van der Waals surface area (Å²) >= 11 is 0. The van der Waals surface area contributed by atoms with Crippen molar-refractivity contribution in [1.82, 2.24) is 4.31 Å². The highest BCUT2D eigenvalue weighted by molar-refractivity contribution is 7.89. The summed E-state index contributed by atoms with van der Waals surface area (Å²) in [5, 5.41) is 0. The summed E-state index contributed by atoms with van der Waals surface area (Å²) in [4.78, 5) is -0.834. The van der Waals surface area contributed by atoms with Crippen LogP contribution in [0.5, 0.6) is 0 Å². The molecule has 0 amide bonds. The molecule has 1 aliphatic heterocycles. The van der Waals surface area contributed by atoms with Crippen molar-refractivity contribution in [2.24, 2.45) is 0 Å². The summed E-state index contributed by atoms with van der Waals surface area (Å²) in [7, 11) is -4.25. The number of hydrogen-bond acceptors (Lipinski definition) is 2. The predicted molar refractivity (Wildman–Crippen MR) is 78.6 cm³/mol. The van der Waals surface area contributed by atoms with E-state index in [1.165, 1.54) is 0 Å². The molecular formula is C16H14F3NO2S. The molecule has 1 heterocycles. The van der Waals surface area contributed by atoms with Gasteiger partial charge in [0.15, 0.2) is 17.5 Å². The largest absolute Gasteiger partial charge is 0.246 e. The summed E-state index contributed by atoms with van der Waals surface area (Å²) in [6.45, 7) is 0.209. The Labute approximate surface area is 132 Å². The van der Waals surface area contributed by atoms with Gasteiger partial charge in [0.1, 0.15) is 4.90 Å². The van der Waals surface area contributed by atoms with E-state index in [0.29, 0.717) is 18.9 Å². The predicted octanol–water partition coefficient (Wildman–Crippen LogP) is 3.63. The molecule has 1 fully saturated rings. The first kappa shape index (κ1) is 16.0. The molecule has 0 spiro atoms. The van der Waals surface area contributed by atoms with Crippen LogP contribution < -0.4 is 0 Å². The van der Waals surface area contributed by atoms with Crippen LogP contribution in [0.15, 0.2) is 47.4 Å². The van der Waals surface area contributed by atoms with Crippen molar-refractivity contribution in [3.8, 4) is 0 Å². The third-order valence-electron chi connectivity index (χ3n) is 3.97. The molecule has 3 rings (SSSR count). The zero-order valence-corrected chi connectivity index (χ0v) is 12.9. The van der Waals surface area contributed by atoms with Crippen LogP contribution in [0.4, 0.5) is 13.2 Å². The fraction of sp³-hybridized carbons (Fsp3) is 0.250. The second-order valence-corrected chi connectivity index (χ2v) is 7.22. The van der Waals surface area contributed by atoms with Crippen LogP contribution >= 0.6 is 0 Å². The van der Waals surface area contributed by atoms with Crippen molar-refractivity contribution in [2.45, 2.75) is 23.8 Å². The highest BCUT2D eigenvalue weighted by atomic mass is 32.2. The lowest BCUT2D eigenvalue weighted by Crippen LogP contribution is -2.31. The average Bonchev–Trinajstić information content (AvgIpc) is 3.04. The van der Waals surface area contributed by atoms with Crippen molar-refractivity contribution in [3.63, 3.8) is 0 Å². The highest BCUT2D eigenvalue weighted by Gasteiger charge is 2.38. The number of halogens is 3. The zero-order chi connectivity index (χ0) is 16.6. The normalized spacial score (nSPS) is 19.2. The summed E-state index contributed by atoms with van der Waals surface area (Å²) in [5.41, 5.74) is 0.788. The van der Waals surface area contributed by atoms with E-state index < -0.39 is 38.4 Å². The second kappa shape index (κ2) is 5.98. The van der Waals surface area contributed by atoms with E-state index in [1.807, 2.05) is 6.07 Å². The maximum atomic E-state index is 13.9. The minimum Gasteiger partial charge on any atom is -0.207 e. The van der Waals surface area contributed by atoms with Crippen molar-refractivity contribution < 1.29 is 21.6 Å². The maximum Gasteiger partial charge on any atom is 0.246 e. The molecule has 2 aromatic rings. The molecular weight excluding hydrogens is 327 g/mol. The number of sulfonamides is 1. The van der Waals surface area contributed by atoms with Gasteiger partial charge in [0.25, 0.3) is 0 Å². The lowest BCUT2D eigenvalue weighted by atomic mass is 10.1. The van der Waals surface area contributed by atoms with Gasteiger partial charge in [-0.1, -0.05) is 30.3 Å². The first-order valence-electron chi connectivity index (χ1n) is 7.13. The van der Waals surface area contributed by atoms with Crippen LogP contribution in [0.25, 0.3) is 0 Å². The Bertz CT molecular complexity index is 825. The van der Waals surface area contributed by atoms with Gasteiger partial charge in [-0.05, 0) is 30.5 Å². The van der Waals surface area contributed by atoms with E-state index in [4.69, 9.17) is 0 Å². The van der Waals surface area contributed by atoms with Gasteiger partial charge in [0, 0.05) is 6.54 Å². The van der Waals surface area contributed by atoms with E-state index in [9.17, 15) is 21.6 Å². The molecule has 0 N–H and O–H groups in total. The molecule has 0 saturated carbocycles. The summed E-state index contributed by atoms with van der Waals surface area (Å²) < 4.78 is 66.9. The fourth-order valence-electron chi connectivity index (χ4n) is 2.87. The van der Waals surface area contributed by atoms with E-state index in [0.717, 1.165) is 15.9 Å². The monoisotopic (exact) mass is 341 g/mol. The van der Waals surface area contributed by atoms with Crippen LogP contribution in [0, 0.1) is 17.5 Å². The first-order chi connectivity index (χ1) is 10.9. The quantitative estimate of drug-likeness (QED) is 0.800. The molecule has 0 aromatic heterocycles. The summed E-state index contributed by atoms with van der Waals surface area (Å²) in [5.74, 6) is -4.87. The van der Waals surface area contributed by atoms with Gasteiger partial charge in [-0.15, -0.1) is 0 Å². The Balaban J connectivity index is 2.04. The summed E-state index contributed by atoms with van der Waals surface area (Å²) in [6, 6.07) is 9.93. The fourth-order valence-corrected chi connectivity index (χ4v) is 4.61. The maximum absolute atomic E-state index is 13.9. The van der Waals surface area contributed by atoms with Crippen LogP contribution in [-0.2, 0) is 10.0 Å². The molecule has 3 nitrogen and oxygen atoms in total. The van der Waals surface area contributed by atoms with Gasteiger partial charge in [0.05, 0.1) is 6.04 Å². The third-order valence-corrected chi connectivity index (χ3v) is 5.90. The third kappa shape index (κ3) is 2.74. The molecule has 1 saturated heterocycles. The molecule has 1 aliphatic rings. The van der Waals surface area contributed by atoms with E-state index >= 15 is 0 Å². The van der Waals surface area contributed by atoms with Gasteiger partial charge in [-0.25, -0.2) is 21.6 Å². The Morgan fingerprint density at radius 3 is 2.35 bits per heavy atom. The second-order valence-electron chi connectivity index (χ2n) is 5.36. The zero-order valence-electron chi connectivity index (χ0n) is 12.0. The Morgan fingerprint density at radius 1 is 0.957 bits per heavy atom. The van der Waals surface area contributed by atoms with E-state index in [-0.39, 0.29) is 6.54 Å². The van der Waals surface area contributed by atoms with E-state index in [1.54, 1.807) is 24.3 Å². The lowest BCUT2D eigenvalue weighted by molar-refractivity contribution is 0.387. The first-order valence-corrected chi connectivity index (χ1v) is 8.57. The smallest absolute Gasteiger partial charge is 0.207 e. The van der Waals surface area contributed by atoms with Gasteiger partial charge < -0.3 is 0 Å². The van der Waals surface area contributed by atoms with Crippen molar-refractivity contribution in [1.29, 1.82) is 0 Å². The molecule has 0 bridgehead atoms. The van der Waals surface area contributed by atoms with Crippen molar-refractivity contribution in [2.75, 3.05) is 6.54 Å². The summed E-state index contributed by atoms with van der Waals surface area (Å²) in [6.07, 6.45) is 1.21. The standard InChI is InChI=1S/C16H14F3NO2S/c17-12-8-9-14(16(19)15(12)18)23(21,22)20-10-4-7-13(20)11-5-2-1-3-6-11/h1-3,5-6,8-9,13H,4,7,10H2. The van der Waals surface area contributed by atoms with Crippen LogP contribution in [0.2, 0.25) is 0 Å². The van der Waals surface area contributed by atoms with Crippen LogP contribution in [0.1, 0.15) is 24.4 Å². The van der Waals surface area contributed by atoms with E-state index in [2.05, 4.69) is 0 Å². The Morgan fingerprint density at radius 2 is 1.65 bits per heavy atom.